The summed E-state index contributed by atoms with van der Waals surface area (Å²) in [7, 11) is 0. The van der Waals surface area contributed by atoms with Crippen LogP contribution in [0.1, 0.15) is 6.92 Å². The third-order valence-corrected chi connectivity index (χ3v) is 3.13. The highest BCUT2D eigenvalue weighted by molar-refractivity contribution is 5.92. The minimum Gasteiger partial charge on any atom is -0.390 e. The highest BCUT2D eigenvalue weighted by Crippen LogP contribution is 2.44. The summed E-state index contributed by atoms with van der Waals surface area (Å²) in [4.78, 5) is 4.97. The molecule has 2 rings (SSSR count). The molecule has 4 atom stereocenters. The van der Waals surface area contributed by atoms with Crippen LogP contribution in [0.4, 0.5) is 8.78 Å². The van der Waals surface area contributed by atoms with Gasteiger partial charge in [0.1, 0.15) is 23.9 Å². The fourth-order valence-electron chi connectivity index (χ4n) is 2.08. The standard InChI is InChI=1S/C11H15F2N3O3/c1-6-15-7(14)3-4-16(6)9-10(2,18)8(12)11(13,5-17)19-9/h3-4,8-9,17-18H,1,5H2,2H3,(H2,14,15)/t8-,9+,10+,11+/m0/s1. The number of ether oxygens (including phenoxy) is 1. The van der Waals surface area contributed by atoms with Gasteiger partial charge < -0.3 is 25.6 Å². The fourth-order valence-corrected chi connectivity index (χ4v) is 2.08. The van der Waals surface area contributed by atoms with Crippen LogP contribution >= 0.6 is 0 Å². The van der Waals surface area contributed by atoms with Gasteiger partial charge >= 0.3 is 0 Å². The lowest BCUT2D eigenvalue weighted by atomic mass is 9.96. The molecule has 2 aliphatic heterocycles. The number of alkyl halides is 2. The van der Waals surface area contributed by atoms with Crippen LogP contribution in [0.2, 0.25) is 0 Å². The van der Waals surface area contributed by atoms with E-state index in [1.807, 2.05) is 0 Å². The SMILES string of the molecule is C=C1N=C(N)C=CN1[C@@H]1O[C@](F)(CO)[C@@H](F)[C@@]1(C)O. The van der Waals surface area contributed by atoms with Gasteiger partial charge in [-0.15, -0.1) is 0 Å². The fraction of sp³-hybridized carbons (Fsp3) is 0.545. The zero-order chi connectivity index (χ0) is 14.4. The number of aliphatic imine (C=N–C) groups is 1. The largest absolute Gasteiger partial charge is 0.390 e. The number of hydrogen-bond acceptors (Lipinski definition) is 6. The summed E-state index contributed by atoms with van der Waals surface area (Å²) >= 11 is 0. The Kier molecular flexibility index (Phi) is 3.12. The van der Waals surface area contributed by atoms with Crippen LogP contribution in [-0.2, 0) is 4.74 Å². The Morgan fingerprint density at radius 1 is 1.68 bits per heavy atom. The van der Waals surface area contributed by atoms with Crippen molar-refractivity contribution in [1.29, 1.82) is 0 Å². The maximum atomic E-state index is 14.0. The summed E-state index contributed by atoms with van der Waals surface area (Å²) < 4.78 is 32.7. The first-order valence-electron chi connectivity index (χ1n) is 5.56. The van der Waals surface area contributed by atoms with Crippen LogP contribution in [0.3, 0.4) is 0 Å². The number of rotatable bonds is 2. The molecule has 0 unspecified atom stereocenters. The third kappa shape index (κ3) is 2.01. The van der Waals surface area contributed by atoms with Crippen molar-refractivity contribution >= 4 is 5.84 Å². The van der Waals surface area contributed by atoms with Gasteiger partial charge in [-0.2, -0.15) is 0 Å². The van der Waals surface area contributed by atoms with E-state index in [9.17, 15) is 13.9 Å². The highest BCUT2D eigenvalue weighted by atomic mass is 19.2. The molecule has 8 heteroatoms. The van der Waals surface area contributed by atoms with Crippen molar-refractivity contribution < 1.29 is 23.7 Å². The summed E-state index contributed by atoms with van der Waals surface area (Å²) in [6, 6.07) is 0. The molecule has 0 saturated carbocycles. The van der Waals surface area contributed by atoms with E-state index >= 15 is 0 Å². The van der Waals surface area contributed by atoms with Crippen LogP contribution in [0, 0.1) is 0 Å². The zero-order valence-corrected chi connectivity index (χ0v) is 10.3. The maximum Gasteiger partial charge on any atom is 0.268 e. The number of halogens is 2. The average molecular weight is 275 g/mol. The van der Waals surface area contributed by atoms with Crippen LogP contribution < -0.4 is 5.73 Å². The van der Waals surface area contributed by atoms with Crippen LogP contribution in [0.5, 0.6) is 0 Å². The van der Waals surface area contributed by atoms with Crippen LogP contribution in [0.15, 0.2) is 29.7 Å². The van der Waals surface area contributed by atoms with Crippen molar-refractivity contribution in [3.63, 3.8) is 0 Å². The zero-order valence-electron chi connectivity index (χ0n) is 10.3. The third-order valence-electron chi connectivity index (χ3n) is 3.13. The lowest BCUT2D eigenvalue weighted by Gasteiger charge is -2.34. The van der Waals surface area contributed by atoms with Crippen molar-refractivity contribution in [2.75, 3.05) is 6.61 Å². The molecule has 0 radical (unpaired) electrons. The van der Waals surface area contributed by atoms with E-state index in [-0.39, 0.29) is 11.7 Å². The first-order valence-corrected chi connectivity index (χ1v) is 5.56. The Hall–Kier alpha value is -1.51. The Morgan fingerprint density at radius 3 is 2.79 bits per heavy atom. The van der Waals surface area contributed by atoms with E-state index in [4.69, 9.17) is 15.6 Å². The second kappa shape index (κ2) is 4.26. The number of amidine groups is 1. The molecule has 2 heterocycles. The van der Waals surface area contributed by atoms with Gasteiger partial charge in [0.15, 0.2) is 12.4 Å². The Morgan fingerprint density at radius 2 is 2.32 bits per heavy atom. The van der Waals surface area contributed by atoms with Gasteiger partial charge in [-0.25, -0.2) is 13.8 Å². The monoisotopic (exact) mass is 275 g/mol. The van der Waals surface area contributed by atoms with Crippen LogP contribution in [-0.4, -0.2) is 51.4 Å². The van der Waals surface area contributed by atoms with E-state index in [0.29, 0.717) is 0 Å². The molecule has 4 N–H and O–H groups in total. The molecule has 0 aromatic carbocycles. The summed E-state index contributed by atoms with van der Waals surface area (Å²) in [5.41, 5.74) is 3.26. The number of aliphatic hydroxyl groups is 2. The lowest BCUT2D eigenvalue weighted by molar-refractivity contribution is -0.200. The van der Waals surface area contributed by atoms with E-state index in [1.54, 1.807) is 0 Å². The first-order chi connectivity index (χ1) is 8.72. The highest BCUT2D eigenvalue weighted by Gasteiger charge is 2.65. The van der Waals surface area contributed by atoms with E-state index in [1.165, 1.54) is 12.3 Å². The summed E-state index contributed by atoms with van der Waals surface area (Å²) in [6.07, 6.45) is -1.11. The average Bonchev–Trinajstić information content (AvgIpc) is 2.51. The smallest absolute Gasteiger partial charge is 0.268 e. The number of nitrogens with zero attached hydrogens (tertiary/aromatic N) is 2. The van der Waals surface area contributed by atoms with E-state index in [0.717, 1.165) is 11.8 Å². The van der Waals surface area contributed by atoms with Crippen molar-refractivity contribution in [1.82, 2.24) is 4.90 Å². The minimum atomic E-state index is -2.98. The molecule has 1 fully saturated rings. The van der Waals surface area contributed by atoms with Crippen molar-refractivity contribution in [2.24, 2.45) is 10.7 Å². The van der Waals surface area contributed by atoms with Gasteiger partial charge in [0.25, 0.3) is 5.85 Å². The molecule has 0 bridgehead atoms. The Bertz CT molecular complexity index is 466. The summed E-state index contributed by atoms with van der Waals surface area (Å²) in [5, 5.41) is 19.0. The number of hydrogen-bond donors (Lipinski definition) is 3. The van der Waals surface area contributed by atoms with Gasteiger partial charge in [-0.1, -0.05) is 6.58 Å². The van der Waals surface area contributed by atoms with Gasteiger partial charge in [-0.3, -0.25) is 0 Å². The molecule has 0 amide bonds. The molecule has 0 aromatic heterocycles. The van der Waals surface area contributed by atoms with Crippen molar-refractivity contribution in [3.8, 4) is 0 Å². The normalized spacial score (nSPS) is 42.7. The second-order valence-corrected chi connectivity index (χ2v) is 4.68. The van der Waals surface area contributed by atoms with E-state index < -0.39 is 30.5 Å². The van der Waals surface area contributed by atoms with Gasteiger partial charge in [0, 0.05) is 6.20 Å². The molecule has 106 valence electrons. The molecular weight excluding hydrogens is 260 g/mol. The topological polar surface area (TPSA) is 91.3 Å². The molecule has 2 aliphatic rings. The van der Waals surface area contributed by atoms with Gasteiger partial charge in [-0.05, 0) is 13.0 Å². The van der Waals surface area contributed by atoms with Crippen LogP contribution in [0.25, 0.3) is 0 Å². The lowest BCUT2D eigenvalue weighted by Crippen LogP contribution is -2.51. The van der Waals surface area contributed by atoms with Crippen molar-refractivity contribution in [3.05, 3.63) is 24.7 Å². The summed E-state index contributed by atoms with van der Waals surface area (Å²) in [6.45, 7) is 3.42. The quantitative estimate of drug-likeness (QED) is 0.646. The molecule has 0 spiro atoms. The van der Waals surface area contributed by atoms with Gasteiger partial charge in [0.2, 0.25) is 0 Å². The molecule has 0 aliphatic carbocycles. The van der Waals surface area contributed by atoms with E-state index in [2.05, 4.69) is 11.6 Å². The predicted octanol–water partition coefficient (Wildman–Crippen LogP) is -0.252. The number of aliphatic hydroxyl groups excluding tert-OH is 1. The minimum absolute atomic E-state index is 0.0691. The maximum absolute atomic E-state index is 14.0. The molecule has 6 nitrogen and oxygen atoms in total. The Balaban J connectivity index is 2.32. The second-order valence-electron chi connectivity index (χ2n) is 4.68. The summed E-state index contributed by atoms with van der Waals surface area (Å²) in [5.74, 6) is -2.74. The number of nitrogens with two attached hydrogens (primary N) is 1. The molecule has 19 heavy (non-hydrogen) atoms. The first kappa shape index (κ1) is 13.9. The van der Waals surface area contributed by atoms with Gasteiger partial charge in [0.05, 0.1) is 0 Å². The predicted molar refractivity (Wildman–Crippen MR) is 63.1 cm³/mol. The Labute approximate surface area is 108 Å². The molecule has 1 saturated heterocycles. The molecule has 0 aromatic rings. The molecular formula is C11H15F2N3O3. The van der Waals surface area contributed by atoms with Crippen molar-refractivity contribution in [2.45, 2.75) is 30.8 Å².